The van der Waals surface area contributed by atoms with Crippen LogP contribution in [0.15, 0.2) is 22.6 Å². The molecule has 0 spiro atoms. The molecule has 0 saturated heterocycles. The van der Waals surface area contributed by atoms with Gasteiger partial charge in [0, 0.05) is 31.7 Å². The third-order valence-corrected chi connectivity index (χ3v) is 3.89. The number of hydrogen-bond donors (Lipinski definition) is 1. The third kappa shape index (κ3) is 3.76. The van der Waals surface area contributed by atoms with Crippen molar-refractivity contribution in [2.75, 3.05) is 34.4 Å². The predicted molar refractivity (Wildman–Crippen MR) is 89.0 cm³/mol. The summed E-state index contributed by atoms with van der Waals surface area (Å²) in [6.45, 7) is 4.93. The van der Waals surface area contributed by atoms with Gasteiger partial charge in [-0.15, -0.1) is 0 Å². The smallest absolute Gasteiger partial charge is 0.317 e. The number of carbonyl (C=O) groups excluding carboxylic acids is 1. The van der Waals surface area contributed by atoms with Crippen molar-refractivity contribution in [3.05, 3.63) is 29.5 Å². The first-order valence-electron chi connectivity index (χ1n) is 7.55. The van der Waals surface area contributed by atoms with Crippen LogP contribution in [0.25, 0.3) is 11.0 Å². The Morgan fingerprint density at radius 2 is 2.13 bits per heavy atom. The molecule has 1 aromatic carbocycles. The molecule has 0 radical (unpaired) electrons. The number of benzene rings is 1. The summed E-state index contributed by atoms with van der Waals surface area (Å²) in [6.07, 6.45) is 0. The molecule has 0 aliphatic rings. The highest BCUT2D eigenvalue weighted by Gasteiger charge is 2.20. The molecule has 6 heteroatoms. The number of nitrogens with one attached hydrogen (secondary N) is 1. The number of rotatable bonds is 6. The molecule has 6 nitrogen and oxygen atoms in total. The highest BCUT2D eigenvalue weighted by molar-refractivity contribution is 5.84. The Bertz CT molecular complexity index is 681. The van der Waals surface area contributed by atoms with E-state index in [9.17, 15) is 4.79 Å². The molecule has 0 bridgehead atoms. The summed E-state index contributed by atoms with van der Waals surface area (Å²) < 4.78 is 16.1. The Hall–Kier alpha value is -2.21. The standard InChI is InChI=1S/C17H24N2O4/c1-11-14-10-13(22-5)6-7-15(14)23-16(11)12(2)18-17(20)19(3)8-9-21-4/h6-7,10,12H,8-9H2,1-5H3,(H,18,20)/t12-/m1/s1. The molecule has 0 saturated carbocycles. The summed E-state index contributed by atoms with van der Waals surface area (Å²) in [5, 5.41) is 3.94. The first-order valence-corrected chi connectivity index (χ1v) is 7.55. The Kier molecular flexibility index (Phi) is 5.50. The van der Waals surface area contributed by atoms with Crippen LogP contribution in [0.5, 0.6) is 5.75 Å². The minimum Gasteiger partial charge on any atom is -0.497 e. The zero-order chi connectivity index (χ0) is 17.0. The fraction of sp³-hybridized carbons (Fsp3) is 0.471. The average Bonchev–Trinajstić information content (AvgIpc) is 2.88. The van der Waals surface area contributed by atoms with Crippen molar-refractivity contribution in [1.29, 1.82) is 0 Å². The largest absolute Gasteiger partial charge is 0.497 e. The van der Waals surface area contributed by atoms with Crippen LogP contribution in [0.3, 0.4) is 0 Å². The first-order chi connectivity index (χ1) is 11.0. The van der Waals surface area contributed by atoms with Gasteiger partial charge >= 0.3 is 6.03 Å². The molecule has 23 heavy (non-hydrogen) atoms. The van der Waals surface area contributed by atoms with Crippen LogP contribution < -0.4 is 10.1 Å². The second-order valence-corrected chi connectivity index (χ2v) is 5.54. The van der Waals surface area contributed by atoms with Crippen LogP contribution in [-0.2, 0) is 4.74 Å². The molecule has 2 rings (SSSR count). The lowest BCUT2D eigenvalue weighted by Gasteiger charge is -2.20. The Morgan fingerprint density at radius 1 is 1.39 bits per heavy atom. The van der Waals surface area contributed by atoms with E-state index in [1.807, 2.05) is 32.0 Å². The van der Waals surface area contributed by atoms with Crippen molar-refractivity contribution < 1.29 is 18.7 Å². The minimum absolute atomic E-state index is 0.160. The zero-order valence-electron chi connectivity index (χ0n) is 14.3. The Labute approximate surface area is 136 Å². The van der Waals surface area contributed by atoms with Crippen molar-refractivity contribution in [2.45, 2.75) is 19.9 Å². The van der Waals surface area contributed by atoms with Crippen LogP contribution in [0, 0.1) is 6.92 Å². The van der Waals surface area contributed by atoms with Crippen molar-refractivity contribution in [2.24, 2.45) is 0 Å². The molecule has 0 aliphatic heterocycles. The lowest BCUT2D eigenvalue weighted by molar-refractivity contribution is 0.158. The lowest BCUT2D eigenvalue weighted by atomic mass is 10.1. The third-order valence-electron chi connectivity index (χ3n) is 3.89. The van der Waals surface area contributed by atoms with Crippen LogP contribution in [0.4, 0.5) is 4.79 Å². The number of furan rings is 1. The monoisotopic (exact) mass is 320 g/mol. The predicted octanol–water partition coefficient (Wildman–Crippen LogP) is 3.10. The van der Waals surface area contributed by atoms with Gasteiger partial charge in [0.25, 0.3) is 0 Å². The number of hydrogen-bond acceptors (Lipinski definition) is 4. The normalized spacial score (nSPS) is 12.2. The van der Waals surface area contributed by atoms with E-state index in [-0.39, 0.29) is 12.1 Å². The molecule has 126 valence electrons. The number of fused-ring (bicyclic) bond motifs is 1. The molecule has 2 amide bonds. The summed E-state index contributed by atoms with van der Waals surface area (Å²) in [5.74, 6) is 1.53. The van der Waals surface area contributed by atoms with E-state index < -0.39 is 0 Å². The Balaban J connectivity index is 2.16. The summed E-state index contributed by atoms with van der Waals surface area (Å²) >= 11 is 0. The van der Waals surface area contributed by atoms with Gasteiger partial charge in [-0.25, -0.2) is 4.79 Å². The molecule has 0 aliphatic carbocycles. The number of methoxy groups -OCH3 is 2. The maximum absolute atomic E-state index is 12.2. The van der Waals surface area contributed by atoms with E-state index in [0.29, 0.717) is 13.2 Å². The van der Waals surface area contributed by atoms with Crippen molar-refractivity contribution in [3.8, 4) is 5.75 Å². The summed E-state index contributed by atoms with van der Waals surface area (Å²) in [4.78, 5) is 13.7. The van der Waals surface area contributed by atoms with Gasteiger partial charge in [0.1, 0.15) is 17.1 Å². The van der Waals surface area contributed by atoms with Crippen molar-refractivity contribution >= 4 is 17.0 Å². The zero-order valence-corrected chi connectivity index (χ0v) is 14.3. The molecule has 0 fully saturated rings. The number of likely N-dealkylation sites (N-methyl/N-ethyl adjacent to an activating group) is 1. The molecule has 1 aromatic heterocycles. The number of carbonyl (C=O) groups is 1. The molecule has 1 N–H and O–H groups in total. The topological polar surface area (TPSA) is 63.9 Å². The van der Waals surface area contributed by atoms with E-state index in [1.165, 1.54) is 0 Å². The van der Waals surface area contributed by atoms with E-state index in [4.69, 9.17) is 13.9 Å². The van der Waals surface area contributed by atoms with E-state index in [2.05, 4.69) is 5.32 Å². The second kappa shape index (κ2) is 7.37. The highest BCUT2D eigenvalue weighted by Crippen LogP contribution is 2.31. The minimum atomic E-state index is -0.231. The van der Waals surface area contributed by atoms with E-state index >= 15 is 0 Å². The summed E-state index contributed by atoms with van der Waals surface area (Å²) in [6, 6.07) is 5.29. The maximum atomic E-state index is 12.2. The summed E-state index contributed by atoms with van der Waals surface area (Å²) in [7, 11) is 4.98. The van der Waals surface area contributed by atoms with Gasteiger partial charge in [-0.2, -0.15) is 0 Å². The van der Waals surface area contributed by atoms with Gasteiger partial charge in [0.05, 0.1) is 19.8 Å². The van der Waals surface area contributed by atoms with Gasteiger partial charge in [-0.05, 0) is 32.0 Å². The average molecular weight is 320 g/mol. The first kappa shape index (κ1) is 17.1. The van der Waals surface area contributed by atoms with Crippen molar-refractivity contribution in [1.82, 2.24) is 10.2 Å². The SMILES string of the molecule is COCCN(C)C(=O)N[C@H](C)c1oc2ccc(OC)cc2c1C. The molecule has 2 aromatic rings. The number of ether oxygens (including phenoxy) is 2. The molecule has 1 heterocycles. The van der Waals surface area contributed by atoms with Gasteiger partial charge in [0.15, 0.2) is 0 Å². The van der Waals surface area contributed by atoms with Gasteiger partial charge in [-0.3, -0.25) is 0 Å². The van der Waals surface area contributed by atoms with Crippen LogP contribution in [-0.4, -0.2) is 45.3 Å². The summed E-state index contributed by atoms with van der Waals surface area (Å²) in [5.41, 5.74) is 1.79. The van der Waals surface area contributed by atoms with Crippen LogP contribution in [0.1, 0.15) is 24.3 Å². The number of amides is 2. The fourth-order valence-electron chi connectivity index (χ4n) is 2.45. The molecule has 0 unspecified atom stereocenters. The lowest BCUT2D eigenvalue weighted by Crippen LogP contribution is -2.40. The van der Waals surface area contributed by atoms with Gasteiger partial charge in [0.2, 0.25) is 0 Å². The Morgan fingerprint density at radius 3 is 2.78 bits per heavy atom. The second-order valence-electron chi connectivity index (χ2n) is 5.54. The number of urea groups is 1. The van der Waals surface area contributed by atoms with E-state index in [0.717, 1.165) is 28.0 Å². The molecular weight excluding hydrogens is 296 g/mol. The van der Waals surface area contributed by atoms with Gasteiger partial charge < -0.3 is 24.1 Å². The maximum Gasteiger partial charge on any atom is 0.317 e. The number of aryl methyl sites for hydroxylation is 1. The van der Waals surface area contributed by atoms with E-state index in [1.54, 1.807) is 26.2 Å². The van der Waals surface area contributed by atoms with Crippen LogP contribution >= 0.6 is 0 Å². The van der Waals surface area contributed by atoms with Crippen molar-refractivity contribution in [3.63, 3.8) is 0 Å². The highest BCUT2D eigenvalue weighted by atomic mass is 16.5. The molecular formula is C17H24N2O4. The fourth-order valence-corrected chi connectivity index (χ4v) is 2.45. The molecule has 1 atom stereocenters. The van der Waals surface area contributed by atoms with Gasteiger partial charge in [-0.1, -0.05) is 0 Å². The quantitative estimate of drug-likeness (QED) is 0.888. The number of nitrogens with zero attached hydrogens (tertiary/aromatic N) is 1. The van der Waals surface area contributed by atoms with Crippen LogP contribution in [0.2, 0.25) is 0 Å².